The lowest BCUT2D eigenvalue weighted by Crippen LogP contribution is -2.34. The Kier molecular flexibility index (Phi) is 14.5. The third-order valence-corrected chi connectivity index (χ3v) is 7.04. The summed E-state index contributed by atoms with van der Waals surface area (Å²) in [5, 5.41) is 28.9. The summed E-state index contributed by atoms with van der Waals surface area (Å²) in [6, 6.07) is 17.5. The van der Waals surface area contributed by atoms with E-state index in [1.165, 1.54) is 12.2 Å². The number of unbranched alkanes of at least 4 members (excludes halogenated alkanes) is 1. The molecular formula is C34H40N2O7. The van der Waals surface area contributed by atoms with Crippen LogP contribution in [0.5, 0.6) is 11.5 Å². The fraction of sp³-hybridized carbons (Fsp3) is 0.412. The van der Waals surface area contributed by atoms with Gasteiger partial charge in [-0.05, 0) is 66.8 Å². The number of methoxy groups -OCH3 is 1. The molecule has 0 fully saturated rings. The number of ether oxygens (including phenoxy) is 4. The van der Waals surface area contributed by atoms with Crippen LogP contribution in [0.1, 0.15) is 64.0 Å². The fourth-order valence-corrected chi connectivity index (χ4v) is 3.99. The van der Waals surface area contributed by atoms with E-state index in [0.717, 1.165) is 12.8 Å². The standard InChI is InChI=1S/C34H40N2O7/c1-5-8-17-34(7-3,23-42-32(38)27(20-35)18-25-9-13-30(40-4)14-10-25)24-43-33(39)28(21-36)19-26-11-15-31(16-12-26)41-22-29(37)6-2/h9-16,18-19,29,37H,5-8,17,22-24H2,1-4H3/b27-18+,28-19+. The molecule has 0 bridgehead atoms. The Bertz CT molecular complexity index is 1330. The smallest absolute Gasteiger partial charge is 0.348 e. The summed E-state index contributed by atoms with van der Waals surface area (Å²) in [5.74, 6) is -0.347. The molecule has 9 nitrogen and oxygen atoms in total. The molecule has 2 rings (SSSR count). The van der Waals surface area contributed by atoms with E-state index in [4.69, 9.17) is 18.9 Å². The molecule has 2 aromatic carbocycles. The molecule has 0 aliphatic carbocycles. The number of nitriles is 2. The van der Waals surface area contributed by atoms with Gasteiger partial charge in [-0.15, -0.1) is 0 Å². The second-order valence-electron chi connectivity index (χ2n) is 10.2. The van der Waals surface area contributed by atoms with E-state index >= 15 is 0 Å². The van der Waals surface area contributed by atoms with E-state index in [1.54, 1.807) is 55.6 Å². The summed E-state index contributed by atoms with van der Waals surface area (Å²) < 4.78 is 21.8. The number of esters is 2. The molecule has 9 heteroatoms. The molecule has 0 spiro atoms. The van der Waals surface area contributed by atoms with Crippen molar-refractivity contribution < 1.29 is 33.6 Å². The number of aliphatic hydroxyl groups excluding tert-OH is 1. The normalized spacial score (nSPS) is 13.6. The Labute approximate surface area is 253 Å². The van der Waals surface area contributed by atoms with E-state index < -0.39 is 23.5 Å². The number of carbonyl (C=O) groups excluding carboxylic acids is 2. The van der Waals surface area contributed by atoms with Crippen molar-refractivity contribution in [1.29, 1.82) is 10.5 Å². The lowest BCUT2D eigenvalue weighted by molar-refractivity contribution is -0.149. The highest BCUT2D eigenvalue weighted by Gasteiger charge is 2.32. The molecule has 0 aliphatic rings. The van der Waals surface area contributed by atoms with Crippen LogP contribution in [0.3, 0.4) is 0 Å². The van der Waals surface area contributed by atoms with Crippen molar-refractivity contribution in [2.45, 2.75) is 59.0 Å². The third kappa shape index (κ3) is 11.3. The van der Waals surface area contributed by atoms with Crippen molar-refractivity contribution in [2.24, 2.45) is 5.41 Å². The highest BCUT2D eigenvalue weighted by atomic mass is 16.5. The van der Waals surface area contributed by atoms with Crippen molar-refractivity contribution in [3.63, 3.8) is 0 Å². The molecule has 1 N–H and O–H groups in total. The maximum Gasteiger partial charge on any atom is 0.348 e. The van der Waals surface area contributed by atoms with Crippen LogP contribution in [0.15, 0.2) is 59.7 Å². The molecule has 0 saturated heterocycles. The number of nitrogens with zero attached hydrogens (tertiary/aromatic N) is 2. The third-order valence-electron chi connectivity index (χ3n) is 7.04. The number of carbonyl (C=O) groups is 2. The maximum absolute atomic E-state index is 12.9. The van der Waals surface area contributed by atoms with Gasteiger partial charge in [-0.25, -0.2) is 9.59 Å². The zero-order valence-corrected chi connectivity index (χ0v) is 25.3. The van der Waals surface area contributed by atoms with Gasteiger partial charge in [0, 0.05) is 5.41 Å². The fourth-order valence-electron chi connectivity index (χ4n) is 3.99. The van der Waals surface area contributed by atoms with Crippen molar-refractivity contribution >= 4 is 24.1 Å². The van der Waals surface area contributed by atoms with Crippen molar-refractivity contribution in [3.8, 4) is 23.6 Å². The van der Waals surface area contributed by atoms with E-state index in [0.29, 0.717) is 41.9 Å². The van der Waals surface area contributed by atoms with Crippen molar-refractivity contribution in [2.75, 3.05) is 26.9 Å². The summed E-state index contributed by atoms with van der Waals surface area (Å²) in [7, 11) is 1.55. The van der Waals surface area contributed by atoms with Crippen LogP contribution in [0, 0.1) is 28.1 Å². The van der Waals surface area contributed by atoms with Crippen LogP contribution < -0.4 is 9.47 Å². The van der Waals surface area contributed by atoms with Gasteiger partial charge in [0.1, 0.15) is 54.6 Å². The van der Waals surface area contributed by atoms with Gasteiger partial charge in [-0.3, -0.25) is 0 Å². The molecular weight excluding hydrogens is 548 g/mol. The molecule has 0 radical (unpaired) electrons. The molecule has 228 valence electrons. The predicted octanol–water partition coefficient (Wildman–Crippen LogP) is 6.03. The molecule has 2 atom stereocenters. The lowest BCUT2D eigenvalue weighted by Gasteiger charge is -2.31. The highest BCUT2D eigenvalue weighted by Crippen LogP contribution is 2.31. The van der Waals surface area contributed by atoms with E-state index in [2.05, 4.69) is 0 Å². The number of benzene rings is 2. The van der Waals surface area contributed by atoms with Gasteiger partial charge in [0.2, 0.25) is 0 Å². The largest absolute Gasteiger partial charge is 0.497 e. The van der Waals surface area contributed by atoms with Crippen LogP contribution in [-0.4, -0.2) is 50.1 Å². The van der Waals surface area contributed by atoms with E-state index in [-0.39, 0.29) is 31.0 Å². The second kappa shape index (κ2) is 18.0. The molecule has 0 saturated carbocycles. The Hall–Kier alpha value is -4.60. The Morgan fingerprint density at radius 1 is 0.860 bits per heavy atom. The summed E-state index contributed by atoms with van der Waals surface area (Å²) in [6.45, 7) is 5.86. The van der Waals surface area contributed by atoms with Crippen LogP contribution >= 0.6 is 0 Å². The zero-order valence-electron chi connectivity index (χ0n) is 25.3. The average molecular weight is 589 g/mol. The minimum atomic E-state index is -0.785. The van der Waals surface area contributed by atoms with Crippen molar-refractivity contribution in [1.82, 2.24) is 0 Å². The zero-order chi connectivity index (χ0) is 31.7. The number of hydrogen-bond donors (Lipinski definition) is 1. The van der Waals surface area contributed by atoms with Crippen LogP contribution in [0.2, 0.25) is 0 Å². The Balaban J connectivity index is 2.10. The van der Waals surface area contributed by atoms with Gasteiger partial charge in [0.25, 0.3) is 0 Å². The van der Waals surface area contributed by atoms with Crippen molar-refractivity contribution in [3.05, 3.63) is 70.8 Å². The van der Waals surface area contributed by atoms with Crippen LogP contribution in [0.25, 0.3) is 12.2 Å². The van der Waals surface area contributed by atoms with Gasteiger partial charge < -0.3 is 24.1 Å². The monoisotopic (exact) mass is 588 g/mol. The Morgan fingerprint density at radius 3 is 1.74 bits per heavy atom. The molecule has 0 aromatic heterocycles. The first-order valence-electron chi connectivity index (χ1n) is 14.4. The molecule has 43 heavy (non-hydrogen) atoms. The summed E-state index contributed by atoms with van der Waals surface area (Å²) in [4.78, 5) is 25.7. The summed E-state index contributed by atoms with van der Waals surface area (Å²) in [5.41, 5.74) is 0.220. The first-order valence-corrected chi connectivity index (χ1v) is 14.4. The first kappa shape index (κ1) is 34.6. The minimum absolute atomic E-state index is 0.0585. The predicted molar refractivity (Wildman–Crippen MR) is 163 cm³/mol. The van der Waals surface area contributed by atoms with Gasteiger partial charge >= 0.3 is 11.9 Å². The average Bonchev–Trinajstić information content (AvgIpc) is 3.05. The lowest BCUT2D eigenvalue weighted by atomic mass is 9.81. The van der Waals surface area contributed by atoms with E-state index in [9.17, 15) is 25.2 Å². The van der Waals surface area contributed by atoms with Gasteiger partial charge in [-0.2, -0.15) is 10.5 Å². The highest BCUT2D eigenvalue weighted by molar-refractivity contribution is 5.98. The molecule has 2 aromatic rings. The van der Waals surface area contributed by atoms with Gasteiger partial charge in [0.15, 0.2) is 0 Å². The van der Waals surface area contributed by atoms with Crippen LogP contribution in [0.4, 0.5) is 0 Å². The Morgan fingerprint density at radius 2 is 1.35 bits per heavy atom. The second-order valence-corrected chi connectivity index (χ2v) is 10.2. The topological polar surface area (TPSA) is 139 Å². The SMILES string of the molecule is CCCCC(CC)(COC(=O)/C(C#N)=C/c1ccc(OC)cc1)COC(=O)/C(C#N)=C/c1ccc(OCC(O)CC)cc1. The number of hydrogen-bond acceptors (Lipinski definition) is 9. The molecule has 0 heterocycles. The first-order chi connectivity index (χ1) is 20.7. The minimum Gasteiger partial charge on any atom is -0.497 e. The van der Waals surface area contributed by atoms with Gasteiger partial charge in [-0.1, -0.05) is 57.9 Å². The number of rotatable bonds is 17. The number of aliphatic hydroxyl groups is 1. The van der Waals surface area contributed by atoms with Gasteiger partial charge in [0.05, 0.1) is 13.2 Å². The summed E-state index contributed by atoms with van der Waals surface area (Å²) in [6.07, 6.45) is 5.73. The maximum atomic E-state index is 12.9. The molecule has 0 amide bonds. The van der Waals surface area contributed by atoms with Crippen LogP contribution in [-0.2, 0) is 19.1 Å². The molecule has 0 aliphatic heterocycles. The molecule has 2 unspecified atom stereocenters. The summed E-state index contributed by atoms with van der Waals surface area (Å²) >= 11 is 0. The quantitative estimate of drug-likeness (QED) is 0.133. The van der Waals surface area contributed by atoms with E-state index in [1.807, 2.05) is 32.9 Å².